The van der Waals surface area contributed by atoms with E-state index in [1.807, 2.05) is 13.0 Å². The van der Waals surface area contributed by atoms with Crippen LogP contribution >= 0.6 is 0 Å². The predicted octanol–water partition coefficient (Wildman–Crippen LogP) is 2.33. The zero-order chi connectivity index (χ0) is 9.42. The average molecular weight is 175 g/mol. The van der Waals surface area contributed by atoms with Crippen molar-refractivity contribution in [3.63, 3.8) is 0 Å². The molecule has 0 saturated heterocycles. The quantitative estimate of drug-likeness (QED) is 0.665. The SMILES string of the molecule is C=C(C)c1cc2c(cc1N)COC2. The van der Waals surface area contributed by atoms with Crippen LogP contribution in [0.3, 0.4) is 0 Å². The van der Waals surface area contributed by atoms with Gasteiger partial charge in [0.15, 0.2) is 0 Å². The molecular weight excluding hydrogens is 162 g/mol. The van der Waals surface area contributed by atoms with Gasteiger partial charge in [-0.3, -0.25) is 0 Å². The van der Waals surface area contributed by atoms with E-state index in [0.29, 0.717) is 13.2 Å². The molecule has 0 spiro atoms. The Morgan fingerprint density at radius 3 is 2.62 bits per heavy atom. The van der Waals surface area contributed by atoms with Gasteiger partial charge in [-0.2, -0.15) is 0 Å². The third-order valence-corrected chi connectivity index (χ3v) is 2.35. The molecule has 2 rings (SSSR count). The molecule has 2 N–H and O–H groups in total. The standard InChI is InChI=1S/C11H13NO/c1-7(2)10-3-8-5-13-6-9(8)4-11(10)12/h3-4H,1,5-6,12H2,2H3. The second-order valence-electron chi connectivity index (χ2n) is 3.48. The van der Waals surface area contributed by atoms with Crippen LogP contribution < -0.4 is 5.73 Å². The lowest BCUT2D eigenvalue weighted by Crippen LogP contribution is -1.95. The Labute approximate surface area is 78.0 Å². The van der Waals surface area contributed by atoms with E-state index < -0.39 is 0 Å². The number of rotatable bonds is 1. The Morgan fingerprint density at radius 1 is 1.38 bits per heavy atom. The van der Waals surface area contributed by atoms with Gasteiger partial charge in [-0.1, -0.05) is 6.58 Å². The summed E-state index contributed by atoms with van der Waals surface area (Å²) in [4.78, 5) is 0. The molecule has 0 radical (unpaired) electrons. The first-order valence-corrected chi connectivity index (χ1v) is 4.33. The molecule has 0 bridgehead atoms. The van der Waals surface area contributed by atoms with Gasteiger partial charge >= 0.3 is 0 Å². The van der Waals surface area contributed by atoms with Crippen molar-refractivity contribution in [2.45, 2.75) is 20.1 Å². The summed E-state index contributed by atoms with van der Waals surface area (Å²) >= 11 is 0. The molecule has 1 aromatic carbocycles. The van der Waals surface area contributed by atoms with Crippen LogP contribution in [0.4, 0.5) is 5.69 Å². The van der Waals surface area contributed by atoms with Crippen LogP contribution in [0.1, 0.15) is 23.6 Å². The minimum Gasteiger partial charge on any atom is -0.398 e. The summed E-state index contributed by atoms with van der Waals surface area (Å²) in [6.45, 7) is 7.25. The number of allylic oxidation sites excluding steroid dienone is 1. The smallest absolute Gasteiger partial charge is 0.0725 e. The number of anilines is 1. The van der Waals surface area contributed by atoms with Crippen molar-refractivity contribution in [1.29, 1.82) is 0 Å². The second kappa shape index (κ2) is 2.89. The highest BCUT2D eigenvalue weighted by Gasteiger charge is 2.13. The fourth-order valence-corrected chi connectivity index (χ4v) is 1.62. The summed E-state index contributed by atoms with van der Waals surface area (Å²) in [5.41, 5.74) is 11.2. The first-order valence-electron chi connectivity index (χ1n) is 4.33. The molecule has 1 heterocycles. The van der Waals surface area contributed by atoms with E-state index in [0.717, 1.165) is 16.8 Å². The number of fused-ring (bicyclic) bond motifs is 1. The lowest BCUT2D eigenvalue weighted by atomic mass is 10.0. The van der Waals surface area contributed by atoms with Crippen molar-refractivity contribution in [2.24, 2.45) is 0 Å². The molecule has 1 aliphatic rings. The Kier molecular flexibility index (Phi) is 1.85. The van der Waals surface area contributed by atoms with Crippen LogP contribution in [0.25, 0.3) is 5.57 Å². The number of hydrogen-bond acceptors (Lipinski definition) is 2. The van der Waals surface area contributed by atoms with E-state index in [-0.39, 0.29) is 0 Å². The number of hydrogen-bond donors (Lipinski definition) is 1. The number of benzene rings is 1. The molecule has 0 unspecified atom stereocenters. The normalized spacial score (nSPS) is 14.2. The summed E-state index contributed by atoms with van der Waals surface area (Å²) in [6.07, 6.45) is 0. The Hall–Kier alpha value is -1.28. The second-order valence-corrected chi connectivity index (χ2v) is 3.48. The fourth-order valence-electron chi connectivity index (χ4n) is 1.62. The predicted molar refractivity (Wildman–Crippen MR) is 54.1 cm³/mol. The first-order chi connectivity index (χ1) is 6.18. The Morgan fingerprint density at radius 2 is 2.00 bits per heavy atom. The average Bonchev–Trinajstić information content (AvgIpc) is 2.48. The largest absolute Gasteiger partial charge is 0.398 e. The number of ether oxygens (including phenoxy) is 1. The van der Waals surface area contributed by atoms with Gasteiger partial charge in [0, 0.05) is 11.3 Å². The van der Waals surface area contributed by atoms with Crippen LogP contribution in [-0.4, -0.2) is 0 Å². The van der Waals surface area contributed by atoms with Crippen molar-refractivity contribution in [2.75, 3.05) is 5.73 Å². The maximum atomic E-state index is 5.88. The summed E-state index contributed by atoms with van der Waals surface area (Å²) in [5.74, 6) is 0. The minimum absolute atomic E-state index is 0.690. The van der Waals surface area contributed by atoms with E-state index >= 15 is 0 Å². The molecule has 0 aliphatic carbocycles. The molecule has 0 aromatic heterocycles. The van der Waals surface area contributed by atoms with Crippen molar-refractivity contribution in [3.8, 4) is 0 Å². The van der Waals surface area contributed by atoms with E-state index in [4.69, 9.17) is 10.5 Å². The van der Waals surface area contributed by atoms with Crippen LogP contribution in [0.2, 0.25) is 0 Å². The third kappa shape index (κ3) is 1.33. The molecule has 0 atom stereocenters. The van der Waals surface area contributed by atoms with Crippen molar-refractivity contribution in [3.05, 3.63) is 35.4 Å². The lowest BCUT2D eigenvalue weighted by Gasteiger charge is -2.07. The highest BCUT2D eigenvalue weighted by Crippen LogP contribution is 2.28. The zero-order valence-corrected chi connectivity index (χ0v) is 7.76. The van der Waals surface area contributed by atoms with Crippen LogP contribution in [0.5, 0.6) is 0 Å². The summed E-state index contributed by atoms with van der Waals surface area (Å²) < 4.78 is 5.32. The van der Waals surface area contributed by atoms with Crippen LogP contribution in [0.15, 0.2) is 18.7 Å². The van der Waals surface area contributed by atoms with Crippen LogP contribution in [0, 0.1) is 0 Å². The van der Waals surface area contributed by atoms with E-state index in [2.05, 4.69) is 12.6 Å². The highest BCUT2D eigenvalue weighted by molar-refractivity contribution is 5.73. The molecule has 1 aromatic rings. The molecule has 0 fully saturated rings. The molecule has 2 nitrogen and oxygen atoms in total. The van der Waals surface area contributed by atoms with Crippen molar-refractivity contribution < 1.29 is 4.74 Å². The van der Waals surface area contributed by atoms with Crippen LogP contribution in [-0.2, 0) is 18.0 Å². The molecule has 1 aliphatic heterocycles. The molecular formula is C11H13NO. The highest BCUT2D eigenvalue weighted by atomic mass is 16.5. The summed E-state index contributed by atoms with van der Waals surface area (Å²) in [6, 6.07) is 4.08. The topological polar surface area (TPSA) is 35.2 Å². The zero-order valence-electron chi connectivity index (χ0n) is 7.76. The summed E-state index contributed by atoms with van der Waals surface area (Å²) in [7, 11) is 0. The molecule has 0 saturated carbocycles. The van der Waals surface area contributed by atoms with Gasteiger partial charge < -0.3 is 10.5 Å². The van der Waals surface area contributed by atoms with Crippen molar-refractivity contribution >= 4 is 11.3 Å². The van der Waals surface area contributed by atoms with E-state index in [1.165, 1.54) is 11.1 Å². The summed E-state index contributed by atoms with van der Waals surface area (Å²) in [5, 5.41) is 0. The van der Waals surface area contributed by atoms with Gasteiger partial charge in [-0.05, 0) is 35.8 Å². The monoisotopic (exact) mass is 175 g/mol. The van der Waals surface area contributed by atoms with Gasteiger partial charge in [0.05, 0.1) is 13.2 Å². The Bertz CT molecular complexity index is 369. The van der Waals surface area contributed by atoms with Gasteiger partial charge in [0.2, 0.25) is 0 Å². The van der Waals surface area contributed by atoms with Gasteiger partial charge in [0.25, 0.3) is 0 Å². The third-order valence-electron chi connectivity index (χ3n) is 2.35. The maximum absolute atomic E-state index is 5.88. The van der Waals surface area contributed by atoms with Crippen molar-refractivity contribution in [1.82, 2.24) is 0 Å². The van der Waals surface area contributed by atoms with Gasteiger partial charge in [-0.25, -0.2) is 0 Å². The lowest BCUT2D eigenvalue weighted by molar-refractivity contribution is 0.134. The number of nitrogens with two attached hydrogens (primary N) is 1. The number of nitrogen functional groups attached to an aromatic ring is 1. The van der Waals surface area contributed by atoms with E-state index in [1.54, 1.807) is 0 Å². The first kappa shape index (κ1) is 8.32. The minimum atomic E-state index is 0.690. The molecule has 2 heteroatoms. The Balaban J connectivity index is 2.55. The van der Waals surface area contributed by atoms with Gasteiger partial charge in [0.1, 0.15) is 0 Å². The molecule has 68 valence electrons. The van der Waals surface area contributed by atoms with E-state index in [9.17, 15) is 0 Å². The molecule has 13 heavy (non-hydrogen) atoms. The molecule has 0 amide bonds. The fraction of sp³-hybridized carbons (Fsp3) is 0.273. The maximum Gasteiger partial charge on any atom is 0.0725 e. The van der Waals surface area contributed by atoms with Gasteiger partial charge in [-0.15, -0.1) is 0 Å².